The molecule has 3 nitrogen and oxygen atoms in total. The third kappa shape index (κ3) is 2.78. The molecule has 1 aromatic heterocycles. The predicted molar refractivity (Wildman–Crippen MR) is 45.7 cm³/mol. The van der Waals surface area contributed by atoms with Crippen LogP contribution in [0.5, 0.6) is 0 Å². The molecule has 0 radical (unpaired) electrons. The van der Waals surface area contributed by atoms with Crippen molar-refractivity contribution in [1.29, 1.82) is 0 Å². The van der Waals surface area contributed by atoms with Crippen LogP contribution in [0.2, 0.25) is 0 Å². The quantitative estimate of drug-likeness (QED) is 0.738. The van der Waals surface area contributed by atoms with Crippen molar-refractivity contribution in [3.8, 4) is 0 Å². The van der Waals surface area contributed by atoms with E-state index in [4.69, 9.17) is 4.42 Å². The molecule has 1 amide bonds. The standard InChI is InChI=1S/C9H13NO2/c1-7(2)10-9(11)6-8-4-3-5-12-8/h3-5,7H,6H2,1-2H3,(H,10,11). The molecule has 0 saturated heterocycles. The van der Waals surface area contributed by atoms with Gasteiger partial charge in [-0.25, -0.2) is 0 Å². The van der Waals surface area contributed by atoms with Crippen LogP contribution in [-0.2, 0) is 11.2 Å². The second-order valence-electron chi connectivity index (χ2n) is 2.98. The molecule has 1 heterocycles. The summed E-state index contributed by atoms with van der Waals surface area (Å²) in [6.45, 7) is 3.86. The first kappa shape index (κ1) is 8.84. The number of carbonyl (C=O) groups is 1. The Morgan fingerprint density at radius 2 is 2.42 bits per heavy atom. The van der Waals surface area contributed by atoms with Gasteiger partial charge in [0, 0.05) is 6.04 Å². The van der Waals surface area contributed by atoms with Crippen LogP contribution >= 0.6 is 0 Å². The summed E-state index contributed by atoms with van der Waals surface area (Å²) in [5.74, 6) is 0.702. The first-order valence-corrected chi connectivity index (χ1v) is 4.00. The Balaban J connectivity index is 2.37. The number of hydrogen-bond acceptors (Lipinski definition) is 2. The zero-order valence-electron chi connectivity index (χ0n) is 7.33. The number of nitrogens with one attached hydrogen (secondary N) is 1. The molecule has 0 aliphatic heterocycles. The zero-order chi connectivity index (χ0) is 8.97. The van der Waals surface area contributed by atoms with E-state index in [0.717, 1.165) is 0 Å². The van der Waals surface area contributed by atoms with Crippen LogP contribution in [-0.4, -0.2) is 11.9 Å². The van der Waals surface area contributed by atoms with Gasteiger partial charge in [0.15, 0.2) is 0 Å². The van der Waals surface area contributed by atoms with E-state index in [1.54, 1.807) is 18.4 Å². The van der Waals surface area contributed by atoms with Gasteiger partial charge < -0.3 is 9.73 Å². The molecule has 12 heavy (non-hydrogen) atoms. The van der Waals surface area contributed by atoms with Crippen molar-refractivity contribution in [2.75, 3.05) is 0 Å². The lowest BCUT2D eigenvalue weighted by molar-refractivity contribution is -0.121. The number of carbonyl (C=O) groups excluding carboxylic acids is 1. The highest BCUT2D eigenvalue weighted by Gasteiger charge is 2.05. The second-order valence-corrected chi connectivity index (χ2v) is 2.98. The monoisotopic (exact) mass is 167 g/mol. The Kier molecular flexibility index (Phi) is 2.91. The third-order valence-corrected chi connectivity index (χ3v) is 1.36. The summed E-state index contributed by atoms with van der Waals surface area (Å²) in [6, 6.07) is 3.75. The van der Waals surface area contributed by atoms with E-state index < -0.39 is 0 Å². The van der Waals surface area contributed by atoms with Crippen molar-refractivity contribution in [2.24, 2.45) is 0 Å². The van der Waals surface area contributed by atoms with Crippen molar-refractivity contribution in [3.05, 3.63) is 24.2 Å². The van der Waals surface area contributed by atoms with Crippen LogP contribution in [0.15, 0.2) is 22.8 Å². The maximum Gasteiger partial charge on any atom is 0.227 e. The fourth-order valence-electron chi connectivity index (χ4n) is 0.944. The van der Waals surface area contributed by atoms with Crippen molar-refractivity contribution < 1.29 is 9.21 Å². The van der Waals surface area contributed by atoms with Crippen LogP contribution in [0.3, 0.4) is 0 Å². The Morgan fingerprint density at radius 3 is 2.92 bits per heavy atom. The molecule has 0 aromatic carbocycles. The maximum absolute atomic E-state index is 11.1. The minimum Gasteiger partial charge on any atom is -0.469 e. The third-order valence-electron chi connectivity index (χ3n) is 1.36. The lowest BCUT2D eigenvalue weighted by Crippen LogP contribution is -2.31. The van der Waals surface area contributed by atoms with Gasteiger partial charge in [0.2, 0.25) is 5.91 Å². The van der Waals surface area contributed by atoms with E-state index in [0.29, 0.717) is 12.2 Å². The Hall–Kier alpha value is -1.25. The molecule has 0 fully saturated rings. The summed E-state index contributed by atoms with van der Waals surface area (Å²) in [4.78, 5) is 11.1. The van der Waals surface area contributed by atoms with Gasteiger partial charge in [0.1, 0.15) is 5.76 Å². The van der Waals surface area contributed by atoms with Crippen LogP contribution < -0.4 is 5.32 Å². The lowest BCUT2D eigenvalue weighted by atomic mass is 10.3. The summed E-state index contributed by atoms with van der Waals surface area (Å²) in [5, 5.41) is 2.78. The number of rotatable bonds is 3. The number of amides is 1. The minimum absolute atomic E-state index is 0.0000463. The SMILES string of the molecule is CC(C)NC(=O)Cc1ccco1. The van der Waals surface area contributed by atoms with E-state index in [1.165, 1.54) is 0 Å². The van der Waals surface area contributed by atoms with Gasteiger partial charge in [-0.15, -0.1) is 0 Å². The van der Waals surface area contributed by atoms with Crippen molar-refractivity contribution in [3.63, 3.8) is 0 Å². The van der Waals surface area contributed by atoms with Crippen molar-refractivity contribution >= 4 is 5.91 Å². The van der Waals surface area contributed by atoms with Gasteiger partial charge in [-0.3, -0.25) is 4.79 Å². The van der Waals surface area contributed by atoms with Gasteiger partial charge in [0.05, 0.1) is 12.7 Å². The summed E-state index contributed by atoms with van der Waals surface area (Å²) < 4.78 is 5.02. The fourth-order valence-corrected chi connectivity index (χ4v) is 0.944. The smallest absolute Gasteiger partial charge is 0.227 e. The molecule has 0 aliphatic carbocycles. The molecule has 66 valence electrons. The lowest BCUT2D eigenvalue weighted by Gasteiger charge is -2.06. The van der Waals surface area contributed by atoms with Crippen LogP contribution in [0.25, 0.3) is 0 Å². The van der Waals surface area contributed by atoms with E-state index in [1.807, 2.05) is 13.8 Å². The minimum atomic E-state index is -0.0000463. The highest BCUT2D eigenvalue weighted by Crippen LogP contribution is 2.00. The average Bonchev–Trinajstić information content (AvgIpc) is 2.37. The number of furan rings is 1. The molecule has 0 aliphatic rings. The van der Waals surface area contributed by atoms with Crippen molar-refractivity contribution in [2.45, 2.75) is 26.3 Å². The first-order chi connectivity index (χ1) is 5.68. The highest BCUT2D eigenvalue weighted by molar-refractivity contribution is 5.78. The summed E-state index contributed by atoms with van der Waals surface area (Å²) in [6.07, 6.45) is 1.89. The molecular weight excluding hydrogens is 154 g/mol. The average molecular weight is 167 g/mol. The van der Waals surface area contributed by atoms with Crippen LogP contribution in [0.4, 0.5) is 0 Å². The molecule has 0 unspecified atom stereocenters. The molecular formula is C9H13NO2. The molecule has 1 rings (SSSR count). The molecule has 1 aromatic rings. The summed E-state index contributed by atoms with van der Waals surface area (Å²) >= 11 is 0. The van der Waals surface area contributed by atoms with Crippen LogP contribution in [0.1, 0.15) is 19.6 Å². The van der Waals surface area contributed by atoms with E-state index >= 15 is 0 Å². The normalized spacial score (nSPS) is 10.2. The molecule has 0 saturated carbocycles. The van der Waals surface area contributed by atoms with Gasteiger partial charge in [-0.1, -0.05) is 0 Å². The molecule has 3 heteroatoms. The van der Waals surface area contributed by atoms with E-state index in [-0.39, 0.29) is 11.9 Å². The van der Waals surface area contributed by atoms with E-state index in [9.17, 15) is 4.79 Å². The Bertz CT molecular complexity index is 239. The van der Waals surface area contributed by atoms with Gasteiger partial charge >= 0.3 is 0 Å². The maximum atomic E-state index is 11.1. The van der Waals surface area contributed by atoms with Crippen LogP contribution in [0, 0.1) is 0 Å². The first-order valence-electron chi connectivity index (χ1n) is 4.00. The largest absolute Gasteiger partial charge is 0.469 e. The van der Waals surface area contributed by atoms with Gasteiger partial charge in [0.25, 0.3) is 0 Å². The predicted octanol–water partition coefficient (Wildman–Crippen LogP) is 1.35. The van der Waals surface area contributed by atoms with E-state index in [2.05, 4.69) is 5.32 Å². The zero-order valence-corrected chi connectivity index (χ0v) is 7.33. The summed E-state index contributed by atoms with van der Waals surface area (Å²) in [7, 11) is 0. The van der Waals surface area contributed by atoms with Gasteiger partial charge in [-0.05, 0) is 26.0 Å². The topological polar surface area (TPSA) is 42.2 Å². The molecule has 0 spiro atoms. The Morgan fingerprint density at radius 1 is 1.67 bits per heavy atom. The summed E-state index contributed by atoms with van der Waals surface area (Å²) in [5.41, 5.74) is 0. The number of hydrogen-bond donors (Lipinski definition) is 1. The van der Waals surface area contributed by atoms with Crippen molar-refractivity contribution in [1.82, 2.24) is 5.32 Å². The fraction of sp³-hybridized carbons (Fsp3) is 0.444. The van der Waals surface area contributed by atoms with Gasteiger partial charge in [-0.2, -0.15) is 0 Å². The Labute approximate surface area is 71.8 Å². The highest BCUT2D eigenvalue weighted by atomic mass is 16.3. The molecule has 0 bridgehead atoms. The second kappa shape index (κ2) is 3.95. The molecule has 0 atom stereocenters. The molecule has 1 N–H and O–H groups in total.